The van der Waals surface area contributed by atoms with Crippen LogP contribution in [0.2, 0.25) is 0 Å². The lowest BCUT2D eigenvalue weighted by Gasteiger charge is -2.29. The Morgan fingerprint density at radius 1 is 1.19 bits per heavy atom. The molecule has 0 radical (unpaired) electrons. The maximum absolute atomic E-state index is 14.4. The zero-order valence-electron chi connectivity index (χ0n) is 17.7. The minimum atomic E-state index is -0.651. The first-order chi connectivity index (χ1) is 15.0. The molecule has 1 atom stereocenters. The lowest BCUT2D eigenvalue weighted by atomic mass is 10.0. The van der Waals surface area contributed by atoms with Gasteiger partial charge in [0.15, 0.2) is 5.82 Å². The van der Waals surface area contributed by atoms with Crippen molar-refractivity contribution in [1.29, 1.82) is 0 Å². The molecule has 1 aromatic heterocycles. The fourth-order valence-corrected chi connectivity index (χ4v) is 4.09. The van der Waals surface area contributed by atoms with Crippen molar-refractivity contribution in [2.24, 2.45) is 0 Å². The van der Waals surface area contributed by atoms with Crippen LogP contribution in [0.5, 0.6) is 0 Å². The molecule has 1 saturated heterocycles. The Hall–Kier alpha value is -2.61. The molecule has 0 amide bonds. The standard InChI is InChI=1S/C24H28F2N4O/c1-17-5-2-3-7-21(17)24-18(14-27-10-12-29-11-4-6-20(31)16-29)15-30(28-24)23-9-8-19(25)13-22(23)26/h2-3,5,7-9,13,15,20,27,31H,4,6,10-12,14,16H2,1H3. The summed E-state index contributed by atoms with van der Waals surface area (Å²) in [6, 6.07) is 11.5. The molecule has 1 fully saturated rings. The number of benzene rings is 2. The molecule has 2 N–H and O–H groups in total. The third kappa shape index (κ3) is 5.18. The van der Waals surface area contributed by atoms with E-state index >= 15 is 0 Å². The van der Waals surface area contributed by atoms with E-state index in [1.54, 1.807) is 6.20 Å². The summed E-state index contributed by atoms with van der Waals surface area (Å²) in [5, 5.41) is 17.9. The number of aryl methyl sites for hydroxylation is 1. The minimum Gasteiger partial charge on any atom is -0.392 e. The van der Waals surface area contributed by atoms with Crippen LogP contribution in [-0.4, -0.2) is 52.1 Å². The summed E-state index contributed by atoms with van der Waals surface area (Å²) in [6.45, 7) is 5.95. The Labute approximate surface area is 181 Å². The Morgan fingerprint density at radius 2 is 2.03 bits per heavy atom. The van der Waals surface area contributed by atoms with Gasteiger partial charge >= 0.3 is 0 Å². The van der Waals surface area contributed by atoms with Gasteiger partial charge < -0.3 is 10.4 Å². The van der Waals surface area contributed by atoms with Gasteiger partial charge in [-0.2, -0.15) is 5.10 Å². The second-order valence-corrected chi connectivity index (χ2v) is 8.13. The van der Waals surface area contributed by atoms with Gasteiger partial charge in [-0.05, 0) is 44.0 Å². The van der Waals surface area contributed by atoms with E-state index in [4.69, 9.17) is 0 Å². The lowest BCUT2D eigenvalue weighted by molar-refractivity contribution is 0.0712. The summed E-state index contributed by atoms with van der Waals surface area (Å²) in [7, 11) is 0. The van der Waals surface area contributed by atoms with Crippen molar-refractivity contribution in [3.05, 3.63) is 71.4 Å². The number of β-amino-alcohol motifs (C(OH)–C–C–N with tert-alkyl or cyclic N) is 1. The highest BCUT2D eigenvalue weighted by molar-refractivity contribution is 5.66. The van der Waals surface area contributed by atoms with E-state index in [-0.39, 0.29) is 11.8 Å². The number of likely N-dealkylation sites (tertiary alicyclic amines) is 1. The van der Waals surface area contributed by atoms with Gasteiger partial charge in [0, 0.05) is 49.6 Å². The molecule has 4 rings (SSSR count). The van der Waals surface area contributed by atoms with E-state index in [0.29, 0.717) is 6.54 Å². The van der Waals surface area contributed by atoms with Gasteiger partial charge in [-0.1, -0.05) is 24.3 Å². The van der Waals surface area contributed by atoms with Crippen molar-refractivity contribution >= 4 is 0 Å². The number of nitrogens with zero attached hydrogens (tertiary/aromatic N) is 3. The Morgan fingerprint density at radius 3 is 2.81 bits per heavy atom. The molecule has 0 spiro atoms. The van der Waals surface area contributed by atoms with Gasteiger partial charge in [-0.15, -0.1) is 0 Å². The molecule has 7 heteroatoms. The summed E-state index contributed by atoms with van der Waals surface area (Å²) < 4.78 is 29.2. The first-order valence-corrected chi connectivity index (χ1v) is 10.7. The molecule has 1 unspecified atom stereocenters. The molecule has 0 aliphatic carbocycles. The highest BCUT2D eigenvalue weighted by atomic mass is 19.1. The number of rotatable bonds is 7. The number of hydrogen-bond donors (Lipinski definition) is 2. The molecular formula is C24H28F2N4O. The number of nitrogens with one attached hydrogen (secondary N) is 1. The predicted molar refractivity (Wildman–Crippen MR) is 117 cm³/mol. The summed E-state index contributed by atoms with van der Waals surface area (Å²) in [5.41, 5.74) is 4.00. The number of aromatic nitrogens is 2. The second kappa shape index (κ2) is 9.68. The smallest absolute Gasteiger partial charge is 0.151 e. The summed E-state index contributed by atoms with van der Waals surface area (Å²) in [5.74, 6) is -1.26. The van der Waals surface area contributed by atoms with Crippen molar-refractivity contribution in [2.45, 2.75) is 32.4 Å². The first-order valence-electron chi connectivity index (χ1n) is 10.7. The van der Waals surface area contributed by atoms with Crippen molar-refractivity contribution in [3.63, 3.8) is 0 Å². The van der Waals surface area contributed by atoms with E-state index in [2.05, 4.69) is 15.3 Å². The van der Waals surface area contributed by atoms with Crippen LogP contribution >= 0.6 is 0 Å². The summed E-state index contributed by atoms with van der Waals surface area (Å²) >= 11 is 0. The maximum atomic E-state index is 14.4. The number of aliphatic hydroxyl groups is 1. The molecule has 0 saturated carbocycles. The molecule has 3 aromatic rings. The van der Waals surface area contributed by atoms with Gasteiger partial charge in [-0.25, -0.2) is 13.5 Å². The number of piperidine rings is 1. The summed E-state index contributed by atoms with van der Waals surface area (Å²) in [4.78, 5) is 2.26. The summed E-state index contributed by atoms with van der Waals surface area (Å²) in [6.07, 6.45) is 3.47. The van der Waals surface area contributed by atoms with Crippen molar-refractivity contribution in [1.82, 2.24) is 20.0 Å². The normalized spacial score (nSPS) is 17.2. The van der Waals surface area contributed by atoms with Crippen LogP contribution in [0.25, 0.3) is 16.9 Å². The van der Waals surface area contributed by atoms with Crippen molar-refractivity contribution in [3.8, 4) is 16.9 Å². The van der Waals surface area contributed by atoms with Gasteiger partial charge in [0.05, 0.1) is 11.8 Å². The minimum absolute atomic E-state index is 0.213. The molecular weight excluding hydrogens is 398 g/mol. The average Bonchev–Trinajstić information content (AvgIpc) is 3.15. The van der Waals surface area contributed by atoms with Crippen LogP contribution in [0.4, 0.5) is 8.78 Å². The van der Waals surface area contributed by atoms with Gasteiger partial charge in [0.1, 0.15) is 11.5 Å². The number of aliphatic hydroxyl groups excluding tert-OH is 1. The highest BCUT2D eigenvalue weighted by Gasteiger charge is 2.18. The molecule has 5 nitrogen and oxygen atoms in total. The molecule has 164 valence electrons. The molecule has 31 heavy (non-hydrogen) atoms. The molecule has 1 aliphatic rings. The second-order valence-electron chi connectivity index (χ2n) is 8.13. The van der Waals surface area contributed by atoms with E-state index in [9.17, 15) is 13.9 Å². The Kier molecular flexibility index (Phi) is 6.75. The van der Waals surface area contributed by atoms with Gasteiger partial charge in [0.25, 0.3) is 0 Å². The number of hydrogen-bond acceptors (Lipinski definition) is 4. The first kappa shape index (κ1) is 21.6. The topological polar surface area (TPSA) is 53.3 Å². The van der Waals surface area contributed by atoms with E-state index in [1.165, 1.54) is 16.8 Å². The highest BCUT2D eigenvalue weighted by Crippen LogP contribution is 2.27. The SMILES string of the molecule is Cc1ccccc1-c1nn(-c2ccc(F)cc2F)cc1CNCCN1CCCC(O)C1. The van der Waals surface area contributed by atoms with E-state index < -0.39 is 11.6 Å². The van der Waals surface area contributed by atoms with Crippen molar-refractivity contribution in [2.75, 3.05) is 26.2 Å². The fourth-order valence-electron chi connectivity index (χ4n) is 4.09. The van der Waals surface area contributed by atoms with E-state index in [1.807, 2.05) is 31.2 Å². The zero-order chi connectivity index (χ0) is 21.8. The van der Waals surface area contributed by atoms with Crippen LogP contribution < -0.4 is 5.32 Å². The zero-order valence-corrected chi connectivity index (χ0v) is 17.7. The van der Waals surface area contributed by atoms with Crippen molar-refractivity contribution < 1.29 is 13.9 Å². The lowest BCUT2D eigenvalue weighted by Crippen LogP contribution is -2.41. The van der Waals surface area contributed by atoms with Crippen LogP contribution in [0.15, 0.2) is 48.7 Å². The Bertz CT molecular complexity index is 1040. The van der Waals surface area contributed by atoms with Crippen LogP contribution in [0.3, 0.4) is 0 Å². The third-order valence-electron chi connectivity index (χ3n) is 5.75. The average molecular weight is 427 g/mol. The van der Waals surface area contributed by atoms with Crippen LogP contribution in [0, 0.1) is 18.6 Å². The number of halogens is 2. The van der Waals surface area contributed by atoms with Crippen LogP contribution in [0.1, 0.15) is 24.0 Å². The maximum Gasteiger partial charge on any atom is 0.151 e. The molecule has 2 heterocycles. The molecule has 0 bridgehead atoms. The third-order valence-corrected chi connectivity index (χ3v) is 5.75. The molecule has 1 aliphatic heterocycles. The predicted octanol–water partition coefficient (Wildman–Crippen LogP) is 3.67. The Balaban J connectivity index is 1.53. The molecule has 2 aromatic carbocycles. The quantitative estimate of drug-likeness (QED) is 0.566. The largest absolute Gasteiger partial charge is 0.392 e. The van der Waals surface area contributed by atoms with Gasteiger partial charge in [-0.3, -0.25) is 4.90 Å². The van der Waals surface area contributed by atoms with Crippen LogP contribution in [-0.2, 0) is 6.54 Å². The van der Waals surface area contributed by atoms with Gasteiger partial charge in [0.2, 0.25) is 0 Å². The fraction of sp³-hybridized carbons (Fsp3) is 0.375. The van der Waals surface area contributed by atoms with E-state index in [0.717, 1.165) is 67.5 Å². The monoisotopic (exact) mass is 426 g/mol.